The van der Waals surface area contributed by atoms with Gasteiger partial charge < -0.3 is 14.2 Å². The van der Waals surface area contributed by atoms with E-state index in [0.717, 1.165) is 44.9 Å². The van der Waals surface area contributed by atoms with E-state index in [1.165, 1.54) is 10.9 Å². The Hall–Kier alpha value is -1.85. The van der Waals surface area contributed by atoms with Gasteiger partial charge in [0.05, 0.1) is 13.2 Å². The van der Waals surface area contributed by atoms with Crippen LogP contribution in [-0.2, 0) is 16.1 Å². The van der Waals surface area contributed by atoms with E-state index in [-0.39, 0.29) is 5.91 Å². The van der Waals surface area contributed by atoms with Gasteiger partial charge in [-0.15, -0.1) is 0 Å². The molecule has 1 aromatic heterocycles. The predicted octanol–water partition coefficient (Wildman–Crippen LogP) is 2.13. The number of ether oxygens (including phenoxy) is 1. The number of carbonyl (C=O) groups is 1. The first-order valence-corrected chi connectivity index (χ1v) is 9.27. The summed E-state index contributed by atoms with van der Waals surface area (Å²) in [5.41, 5.74) is 2.37. The first-order valence-electron chi connectivity index (χ1n) is 9.27. The maximum atomic E-state index is 12.9. The molecule has 0 radical (unpaired) electrons. The van der Waals surface area contributed by atoms with Crippen LogP contribution in [0.3, 0.4) is 0 Å². The molecular weight excluding hydrogens is 314 g/mol. The topological polar surface area (TPSA) is 37.7 Å². The van der Waals surface area contributed by atoms with Crippen molar-refractivity contribution in [3.05, 3.63) is 36.0 Å². The lowest BCUT2D eigenvalue weighted by atomic mass is 10.0. The summed E-state index contributed by atoms with van der Waals surface area (Å²) in [5.74, 6) is 0.744. The molecule has 2 aromatic rings. The monoisotopic (exact) mass is 341 g/mol. The van der Waals surface area contributed by atoms with E-state index in [4.69, 9.17) is 4.74 Å². The molecule has 0 spiro atoms. The van der Waals surface area contributed by atoms with Crippen molar-refractivity contribution in [1.82, 2.24) is 14.4 Å². The molecule has 5 nitrogen and oxygen atoms in total. The minimum atomic E-state index is 0.225. The van der Waals surface area contributed by atoms with E-state index in [0.29, 0.717) is 18.5 Å². The van der Waals surface area contributed by atoms with Crippen molar-refractivity contribution in [2.75, 3.05) is 39.4 Å². The number of para-hydroxylation sites is 1. The summed E-state index contributed by atoms with van der Waals surface area (Å²) in [5, 5.41) is 1.23. The third-order valence-electron chi connectivity index (χ3n) is 5.73. The number of morpholine rings is 1. The second-order valence-corrected chi connectivity index (χ2v) is 7.45. The van der Waals surface area contributed by atoms with Gasteiger partial charge >= 0.3 is 0 Å². The minimum absolute atomic E-state index is 0.225. The van der Waals surface area contributed by atoms with Crippen molar-refractivity contribution in [2.24, 2.45) is 5.92 Å². The number of hydrogen-bond donors (Lipinski definition) is 0. The highest BCUT2D eigenvalue weighted by molar-refractivity contribution is 5.86. The van der Waals surface area contributed by atoms with E-state index < -0.39 is 0 Å². The average Bonchev–Trinajstić information content (AvgIpc) is 3.17. The SMILES string of the molecule is Cc1cn(CC(=O)N2C[C@@H](C)[C@H](N3CCOCC3)C2)c2ccccc12. The second-order valence-electron chi connectivity index (χ2n) is 7.45. The molecule has 2 atom stereocenters. The van der Waals surface area contributed by atoms with E-state index in [2.05, 4.69) is 52.6 Å². The van der Waals surface area contributed by atoms with Crippen LogP contribution >= 0.6 is 0 Å². The average molecular weight is 341 g/mol. The van der Waals surface area contributed by atoms with Gasteiger partial charge in [-0.1, -0.05) is 25.1 Å². The quantitative estimate of drug-likeness (QED) is 0.858. The highest BCUT2D eigenvalue weighted by atomic mass is 16.5. The van der Waals surface area contributed by atoms with Gasteiger partial charge in [-0.3, -0.25) is 9.69 Å². The number of hydrogen-bond acceptors (Lipinski definition) is 3. The van der Waals surface area contributed by atoms with E-state index in [9.17, 15) is 4.79 Å². The number of fused-ring (bicyclic) bond motifs is 1. The number of likely N-dealkylation sites (tertiary alicyclic amines) is 1. The molecule has 2 aliphatic heterocycles. The van der Waals surface area contributed by atoms with Crippen LogP contribution in [0, 0.1) is 12.8 Å². The van der Waals surface area contributed by atoms with Crippen LogP contribution in [0.4, 0.5) is 0 Å². The Balaban J connectivity index is 1.46. The second kappa shape index (κ2) is 6.81. The van der Waals surface area contributed by atoms with Gasteiger partial charge in [-0.05, 0) is 24.5 Å². The van der Waals surface area contributed by atoms with Crippen LogP contribution in [0.15, 0.2) is 30.5 Å². The van der Waals surface area contributed by atoms with Crippen molar-refractivity contribution in [3.8, 4) is 0 Å². The highest BCUT2D eigenvalue weighted by Crippen LogP contribution is 2.24. The normalized spacial score (nSPS) is 25.0. The summed E-state index contributed by atoms with van der Waals surface area (Å²) < 4.78 is 7.56. The molecule has 0 N–H and O–H groups in total. The number of nitrogens with zero attached hydrogens (tertiary/aromatic N) is 3. The van der Waals surface area contributed by atoms with E-state index in [1.807, 2.05) is 6.07 Å². The number of carbonyl (C=O) groups excluding carboxylic acids is 1. The number of rotatable bonds is 3. The van der Waals surface area contributed by atoms with Crippen molar-refractivity contribution in [2.45, 2.75) is 26.4 Å². The Morgan fingerprint density at radius 1 is 1.20 bits per heavy atom. The lowest BCUT2D eigenvalue weighted by Crippen LogP contribution is -2.47. The number of amides is 1. The lowest BCUT2D eigenvalue weighted by Gasteiger charge is -2.34. The van der Waals surface area contributed by atoms with Gasteiger partial charge in [0.25, 0.3) is 0 Å². The summed E-state index contributed by atoms with van der Waals surface area (Å²) >= 11 is 0. The smallest absolute Gasteiger partial charge is 0.242 e. The molecular formula is C20H27N3O2. The molecule has 0 bridgehead atoms. The largest absolute Gasteiger partial charge is 0.379 e. The predicted molar refractivity (Wildman–Crippen MR) is 98.6 cm³/mol. The van der Waals surface area contributed by atoms with Crippen LogP contribution < -0.4 is 0 Å². The molecule has 3 heterocycles. The molecule has 134 valence electrons. The van der Waals surface area contributed by atoms with E-state index in [1.54, 1.807) is 0 Å². The molecule has 5 heteroatoms. The maximum absolute atomic E-state index is 12.9. The zero-order valence-electron chi connectivity index (χ0n) is 15.1. The maximum Gasteiger partial charge on any atom is 0.242 e. The first kappa shape index (κ1) is 16.6. The summed E-state index contributed by atoms with van der Waals surface area (Å²) in [4.78, 5) is 17.5. The van der Waals surface area contributed by atoms with Gasteiger partial charge in [-0.2, -0.15) is 0 Å². The van der Waals surface area contributed by atoms with Crippen molar-refractivity contribution in [3.63, 3.8) is 0 Å². The Labute approximate surface area is 149 Å². The molecule has 2 saturated heterocycles. The van der Waals surface area contributed by atoms with Crippen LogP contribution in [-0.4, -0.2) is 65.7 Å². The summed E-state index contributed by atoms with van der Waals surface area (Å²) in [6.07, 6.45) is 2.10. The van der Waals surface area contributed by atoms with Crippen molar-refractivity contribution >= 4 is 16.8 Å². The Kier molecular flexibility index (Phi) is 4.52. The molecule has 25 heavy (non-hydrogen) atoms. The van der Waals surface area contributed by atoms with Gasteiger partial charge in [0, 0.05) is 49.3 Å². The molecule has 0 aliphatic carbocycles. The molecule has 2 aliphatic rings. The third-order valence-corrected chi connectivity index (χ3v) is 5.73. The minimum Gasteiger partial charge on any atom is -0.379 e. The lowest BCUT2D eigenvalue weighted by molar-refractivity contribution is -0.131. The Morgan fingerprint density at radius 3 is 2.76 bits per heavy atom. The van der Waals surface area contributed by atoms with Gasteiger partial charge in [0.2, 0.25) is 5.91 Å². The van der Waals surface area contributed by atoms with Gasteiger partial charge in [0.15, 0.2) is 0 Å². The zero-order valence-corrected chi connectivity index (χ0v) is 15.1. The first-order chi connectivity index (χ1) is 12.1. The molecule has 0 unspecified atom stereocenters. The molecule has 1 aromatic carbocycles. The summed E-state index contributed by atoms with van der Waals surface area (Å²) in [7, 11) is 0. The zero-order chi connectivity index (χ0) is 17.4. The number of aromatic nitrogens is 1. The third kappa shape index (κ3) is 3.18. The number of aryl methyl sites for hydroxylation is 1. The van der Waals surface area contributed by atoms with Gasteiger partial charge in [0.1, 0.15) is 6.54 Å². The Bertz CT molecular complexity index is 763. The molecule has 0 saturated carbocycles. The molecule has 2 fully saturated rings. The van der Waals surface area contributed by atoms with Crippen LogP contribution in [0.25, 0.3) is 10.9 Å². The van der Waals surface area contributed by atoms with E-state index >= 15 is 0 Å². The van der Waals surface area contributed by atoms with Crippen molar-refractivity contribution < 1.29 is 9.53 Å². The number of benzene rings is 1. The fraction of sp³-hybridized carbons (Fsp3) is 0.550. The van der Waals surface area contributed by atoms with Crippen LogP contribution in [0.5, 0.6) is 0 Å². The van der Waals surface area contributed by atoms with Crippen molar-refractivity contribution in [1.29, 1.82) is 0 Å². The van der Waals surface area contributed by atoms with Gasteiger partial charge in [-0.25, -0.2) is 0 Å². The fourth-order valence-electron chi connectivity index (χ4n) is 4.34. The fourth-order valence-corrected chi connectivity index (χ4v) is 4.34. The molecule has 4 rings (SSSR count). The molecule has 1 amide bonds. The highest BCUT2D eigenvalue weighted by Gasteiger charge is 2.36. The standard InChI is InChI=1S/C20H27N3O2/c1-15-11-22(18-6-4-3-5-17(15)18)14-20(24)23-12-16(2)19(13-23)21-7-9-25-10-8-21/h3-6,11,16,19H,7-10,12-14H2,1-2H3/t16-,19-/m1/s1. The van der Waals surface area contributed by atoms with Crippen LogP contribution in [0.1, 0.15) is 12.5 Å². The summed E-state index contributed by atoms with van der Waals surface area (Å²) in [6.45, 7) is 10.1. The van der Waals surface area contributed by atoms with Crippen LogP contribution in [0.2, 0.25) is 0 Å². The Morgan fingerprint density at radius 2 is 1.96 bits per heavy atom. The summed E-state index contributed by atoms with van der Waals surface area (Å²) in [6, 6.07) is 8.78.